The number of hydrogen-bond acceptors (Lipinski definition) is 16. The molecule has 0 spiro atoms. The minimum atomic E-state index is -0.740. The zero-order valence-electron chi connectivity index (χ0n) is 35.7. The van der Waals surface area contributed by atoms with Gasteiger partial charge in [-0.3, -0.25) is 19.2 Å². The molecule has 2 aromatic carbocycles. The highest BCUT2D eigenvalue weighted by atomic mass is 35.5. The van der Waals surface area contributed by atoms with Gasteiger partial charge >= 0.3 is 17.9 Å². The minimum Gasteiger partial charge on any atom is -0.483 e. The number of carbonyl (C=O) groups excluding carboxylic acids is 4. The van der Waals surface area contributed by atoms with Crippen LogP contribution in [0.1, 0.15) is 62.3 Å². The number of halogens is 1. The van der Waals surface area contributed by atoms with Crippen LogP contribution in [0.5, 0.6) is 11.5 Å². The van der Waals surface area contributed by atoms with Crippen LogP contribution in [0.2, 0.25) is 0 Å². The van der Waals surface area contributed by atoms with Crippen molar-refractivity contribution in [2.45, 2.75) is 103 Å². The number of benzene rings is 2. The van der Waals surface area contributed by atoms with Gasteiger partial charge in [-0.05, 0) is 63.6 Å². The molecule has 1 N–H and O–H groups in total. The van der Waals surface area contributed by atoms with E-state index < -0.39 is 77.9 Å². The molecule has 340 valence electrons. The van der Waals surface area contributed by atoms with Gasteiger partial charge in [-0.2, -0.15) is 0 Å². The Hall–Kier alpha value is -5.37. The number of para-hydroxylation sites is 2. The van der Waals surface area contributed by atoms with Crippen LogP contribution in [0.25, 0.3) is 21.8 Å². The highest BCUT2D eigenvalue weighted by Gasteiger charge is 2.51. The van der Waals surface area contributed by atoms with E-state index in [0.717, 1.165) is 0 Å². The van der Waals surface area contributed by atoms with Crippen LogP contribution in [0.15, 0.2) is 58.1 Å². The van der Waals surface area contributed by atoms with E-state index in [1.54, 1.807) is 32.0 Å². The number of pyridine rings is 2. The molecule has 0 saturated carbocycles. The largest absolute Gasteiger partial charge is 0.483 e. The third-order valence-corrected chi connectivity index (χ3v) is 10.6. The Labute approximate surface area is 366 Å². The quantitative estimate of drug-likeness (QED) is 0.129. The van der Waals surface area contributed by atoms with Crippen LogP contribution in [0, 0.1) is 0 Å². The fourth-order valence-corrected chi connectivity index (χ4v) is 8.09. The van der Waals surface area contributed by atoms with Gasteiger partial charge in [0, 0.05) is 37.7 Å². The van der Waals surface area contributed by atoms with Gasteiger partial charge in [0.1, 0.15) is 42.0 Å². The number of hydrogen-bond donors (Lipinski definition) is 1. The van der Waals surface area contributed by atoms with E-state index in [1.807, 2.05) is 44.2 Å². The van der Waals surface area contributed by atoms with Crippen molar-refractivity contribution in [3.05, 3.63) is 80.4 Å². The minimum absolute atomic E-state index is 0.126. The van der Waals surface area contributed by atoms with Crippen LogP contribution >= 0.6 is 11.6 Å². The van der Waals surface area contributed by atoms with Gasteiger partial charge in [-0.15, -0.1) is 0 Å². The molecule has 6 heterocycles. The Morgan fingerprint density at radius 1 is 0.635 bits per heavy atom. The van der Waals surface area contributed by atoms with E-state index in [1.165, 1.54) is 23.0 Å². The molecule has 0 bridgehead atoms. The number of rotatable bonds is 11. The second-order valence-electron chi connectivity index (χ2n) is 14.7. The zero-order chi connectivity index (χ0) is 45.5. The number of nitrogens with zero attached hydrogens (tertiary/aromatic N) is 2. The molecule has 2 aromatic heterocycles. The molecule has 8 atom stereocenters. The third kappa shape index (κ3) is 9.90. The molecule has 63 heavy (non-hydrogen) atoms. The third-order valence-electron chi connectivity index (χ3n) is 10.6. The van der Waals surface area contributed by atoms with E-state index in [9.17, 15) is 33.9 Å². The summed E-state index contributed by atoms with van der Waals surface area (Å²) in [7, 11) is 0. The lowest BCUT2D eigenvalue weighted by Crippen LogP contribution is -2.37. The topological polar surface area (TPSA) is 216 Å². The Balaban J connectivity index is 0.000000194. The summed E-state index contributed by atoms with van der Waals surface area (Å²) >= 11 is 4.64. The first-order valence-electron chi connectivity index (χ1n) is 20.7. The van der Waals surface area contributed by atoms with Gasteiger partial charge in [-0.25, -0.2) is 9.59 Å². The molecule has 0 amide bonds. The smallest absolute Gasteiger partial charge is 0.347 e. The molecule has 4 aliphatic rings. The van der Waals surface area contributed by atoms with Crippen molar-refractivity contribution >= 4 is 56.6 Å². The van der Waals surface area contributed by atoms with Crippen molar-refractivity contribution in [3.63, 3.8) is 0 Å². The molecular formula is C44H51ClN2O16. The Kier molecular flexibility index (Phi) is 15.6. The summed E-state index contributed by atoms with van der Waals surface area (Å²) in [6.45, 7) is 11.4. The Morgan fingerprint density at radius 2 is 1.02 bits per heavy atom. The van der Waals surface area contributed by atoms with Gasteiger partial charge in [-0.1, -0.05) is 24.3 Å². The molecule has 0 radical (unpaired) electrons. The number of fused-ring (bicyclic) bond motifs is 4. The first kappa shape index (κ1) is 47.1. The SMILES string of the molecule is CC(=O)Cl.CCOC(=O)c1c(O[C@H]2CO[C@H]3[C@@H]2OC[C@@H]3O)c2ccccc2n(CC)c1=O.CCOC(=O)c1c(O[C@H]2CO[C@H]3[C@@H]2OC[C@@H]3OC(C)=O)c2ccccc2n(CC)c1=O. The maximum absolute atomic E-state index is 13.2. The van der Waals surface area contributed by atoms with Crippen molar-refractivity contribution in [1.82, 2.24) is 9.13 Å². The van der Waals surface area contributed by atoms with Crippen molar-refractivity contribution in [2.24, 2.45) is 0 Å². The van der Waals surface area contributed by atoms with Crippen LogP contribution < -0.4 is 20.6 Å². The molecule has 4 saturated heterocycles. The molecule has 4 fully saturated rings. The maximum Gasteiger partial charge on any atom is 0.347 e. The Bertz CT molecular complexity index is 2450. The zero-order valence-corrected chi connectivity index (χ0v) is 36.5. The van der Waals surface area contributed by atoms with E-state index in [4.69, 9.17) is 42.6 Å². The maximum atomic E-state index is 13.2. The molecular weight excluding hydrogens is 848 g/mol. The summed E-state index contributed by atoms with van der Waals surface area (Å²) < 4.78 is 53.8. The van der Waals surface area contributed by atoms with E-state index >= 15 is 0 Å². The standard InChI is InChI=1S/C22H25NO8.C20H23NO7.C2H3ClO/c1-4-23-14-9-7-6-8-13(14)18(17(21(23)25)22(26)27-5-2)31-16-11-29-19-15(30-12(3)24)10-28-20(16)19;1-3-21-12-8-6-5-7-11(12)16(15(19(21)23)20(24)25-4-2)28-14-10-27-17-13(22)9-26-18(14)17;1-2(3)4/h6-9,15-16,19-20H,4-5,10-11H2,1-3H3;5-8,13-14,17-18,22H,3-4,9-10H2,1-2H3;1H3/t15-,16-,19+,20+;13-,14-,17+,18+;/m00./s1. The van der Waals surface area contributed by atoms with Gasteiger partial charge in [0.2, 0.25) is 5.24 Å². The molecule has 18 nitrogen and oxygen atoms in total. The Morgan fingerprint density at radius 3 is 1.44 bits per heavy atom. The van der Waals surface area contributed by atoms with Crippen LogP contribution in [0.4, 0.5) is 0 Å². The van der Waals surface area contributed by atoms with E-state index in [0.29, 0.717) is 34.9 Å². The molecule has 19 heteroatoms. The number of esters is 3. The molecule has 8 rings (SSSR count). The first-order chi connectivity index (χ1) is 30.3. The van der Waals surface area contributed by atoms with Crippen molar-refractivity contribution < 1.29 is 66.9 Å². The molecule has 0 aliphatic carbocycles. The number of aliphatic hydroxyl groups is 1. The molecule has 4 aliphatic heterocycles. The normalized spacial score (nSPS) is 24.3. The average Bonchev–Trinajstić information content (AvgIpc) is 4.03. The summed E-state index contributed by atoms with van der Waals surface area (Å²) in [5, 5.41) is 10.8. The molecule has 4 aromatic rings. The van der Waals surface area contributed by atoms with Gasteiger partial charge in [0.25, 0.3) is 11.1 Å². The number of ether oxygens (including phenoxy) is 9. The molecule has 0 unspecified atom stereocenters. The predicted octanol–water partition coefficient (Wildman–Crippen LogP) is 3.55. The van der Waals surface area contributed by atoms with Crippen LogP contribution in [0.3, 0.4) is 0 Å². The fraction of sp³-hybridized carbons (Fsp3) is 0.500. The summed E-state index contributed by atoms with van der Waals surface area (Å²) in [6, 6.07) is 14.5. The second kappa shape index (κ2) is 20.9. The lowest BCUT2D eigenvalue weighted by molar-refractivity contribution is -0.151. The van der Waals surface area contributed by atoms with Gasteiger partial charge < -0.3 is 56.9 Å². The first-order valence-corrected chi connectivity index (χ1v) is 21.1. The summed E-state index contributed by atoms with van der Waals surface area (Å²) in [4.78, 5) is 72.2. The second-order valence-corrected chi connectivity index (χ2v) is 15.2. The van der Waals surface area contributed by atoms with Crippen LogP contribution in [-0.4, -0.2) is 126 Å². The lowest BCUT2D eigenvalue weighted by Gasteiger charge is -2.22. The van der Waals surface area contributed by atoms with E-state index in [-0.39, 0.29) is 67.5 Å². The van der Waals surface area contributed by atoms with Crippen molar-refractivity contribution in [3.8, 4) is 11.5 Å². The summed E-state index contributed by atoms with van der Waals surface area (Å²) in [5.41, 5.74) is 0.0945. The summed E-state index contributed by atoms with van der Waals surface area (Å²) in [5.74, 6) is -1.56. The fourth-order valence-electron chi connectivity index (χ4n) is 8.09. The van der Waals surface area contributed by atoms with Gasteiger partial charge in [0.05, 0.1) is 50.7 Å². The number of carbonyl (C=O) groups is 4. The monoisotopic (exact) mass is 898 g/mol. The lowest BCUT2D eigenvalue weighted by atomic mass is 10.1. The average molecular weight is 899 g/mol. The number of aromatic nitrogens is 2. The van der Waals surface area contributed by atoms with Crippen molar-refractivity contribution in [1.29, 1.82) is 0 Å². The van der Waals surface area contributed by atoms with Gasteiger partial charge in [0.15, 0.2) is 29.4 Å². The number of aryl methyl sites for hydroxylation is 2. The van der Waals surface area contributed by atoms with E-state index in [2.05, 4.69) is 11.6 Å². The highest BCUT2D eigenvalue weighted by Crippen LogP contribution is 2.37. The predicted molar refractivity (Wildman–Crippen MR) is 226 cm³/mol. The van der Waals surface area contributed by atoms with Crippen molar-refractivity contribution in [2.75, 3.05) is 39.6 Å². The van der Waals surface area contributed by atoms with Crippen LogP contribution in [-0.2, 0) is 55.8 Å². The number of aliphatic hydroxyl groups excluding tert-OH is 1. The summed E-state index contributed by atoms with van der Waals surface area (Å²) in [6.07, 6.45) is -4.27. The highest BCUT2D eigenvalue weighted by molar-refractivity contribution is 6.62.